The Morgan fingerprint density at radius 2 is 1.48 bits per heavy atom. The summed E-state index contributed by atoms with van der Waals surface area (Å²) in [5.74, 6) is -2.53. The van der Waals surface area contributed by atoms with Gasteiger partial charge in [0, 0.05) is 54.4 Å². The van der Waals surface area contributed by atoms with Gasteiger partial charge in [-0.25, -0.2) is 14.0 Å². The molecule has 0 unspecified atom stereocenters. The number of anilines is 2. The summed E-state index contributed by atoms with van der Waals surface area (Å²) < 4.78 is 18.8. The number of Topliss-reactive ketones (excluding diaryl/α,β-unsaturated/α-hetero) is 1. The highest BCUT2D eigenvalue weighted by Crippen LogP contribution is 2.30. The Bertz CT molecular complexity index is 1570. The van der Waals surface area contributed by atoms with E-state index in [4.69, 9.17) is 14.9 Å². The highest BCUT2D eigenvalue weighted by molar-refractivity contribution is 6.07. The Morgan fingerprint density at radius 3 is 2.04 bits per heavy atom. The summed E-state index contributed by atoms with van der Waals surface area (Å²) in [6.07, 6.45) is 3.75. The van der Waals surface area contributed by atoms with Crippen LogP contribution in [0.2, 0.25) is 0 Å². The quantitative estimate of drug-likeness (QED) is 0.159. The summed E-state index contributed by atoms with van der Waals surface area (Å²) in [6, 6.07) is 20.1. The monoisotopic (exact) mass is 661 g/mol. The number of amides is 2. The number of benzene rings is 3. The number of methoxy groups -OCH3 is 1. The minimum atomic E-state index is -1.26. The molecule has 3 aromatic rings. The number of nitrogens with one attached hydrogen (secondary N) is 1. The summed E-state index contributed by atoms with van der Waals surface area (Å²) in [4.78, 5) is 61.6. The van der Waals surface area contributed by atoms with Gasteiger partial charge in [-0.1, -0.05) is 19.1 Å². The van der Waals surface area contributed by atoms with Crippen LogP contribution < -0.4 is 15.0 Å². The number of rotatable bonds is 13. The van der Waals surface area contributed by atoms with Gasteiger partial charge in [-0.15, -0.1) is 0 Å². The van der Waals surface area contributed by atoms with Crippen LogP contribution in [-0.2, 0) is 14.4 Å². The summed E-state index contributed by atoms with van der Waals surface area (Å²) in [7, 11) is 1.58. The molecule has 1 aliphatic heterocycles. The lowest BCUT2D eigenvalue weighted by atomic mass is 9.89. The molecule has 254 valence electrons. The number of piperidine rings is 1. The molecule has 3 aromatic carbocycles. The highest BCUT2D eigenvalue weighted by Gasteiger charge is 2.27. The van der Waals surface area contributed by atoms with E-state index >= 15 is 0 Å². The standard InChI is InChI=1S/C32H36FN3O4.C4H4O4/c1-3-6-30(37)34-27-15-11-25(12-16-27)32(39)36(28-7-4-5-8-29(28)40-2)22-21-35-19-17-24(18-20-35)31(38)23-9-13-26(33)14-10-23;5-3(6)1-2-4(7)8/h4-5,7-16,24H,3,6,17-22H2,1-2H3,(H,34,37);1-2H,(H,5,6)(H,7,8)/b;2-1+. The number of carboxylic acids is 2. The molecule has 0 saturated carbocycles. The van der Waals surface area contributed by atoms with Gasteiger partial charge < -0.3 is 30.1 Å². The van der Waals surface area contributed by atoms with Crippen molar-refractivity contribution in [3.8, 4) is 5.75 Å². The Kier molecular flexibility index (Phi) is 14.5. The topological polar surface area (TPSA) is 154 Å². The van der Waals surface area contributed by atoms with Gasteiger partial charge in [0.15, 0.2) is 5.78 Å². The Morgan fingerprint density at radius 1 is 0.896 bits per heavy atom. The van der Waals surface area contributed by atoms with Crippen LogP contribution in [-0.4, -0.2) is 77.9 Å². The predicted octanol–water partition coefficient (Wildman–Crippen LogP) is 5.53. The van der Waals surface area contributed by atoms with Crippen LogP contribution >= 0.6 is 0 Å². The van der Waals surface area contributed by atoms with Crippen molar-refractivity contribution < 1.29 is 43.3 Å². The van der Waals surface area contributed by atoms with Crippen LogP contribution in [0.15, 0.2) is 84.9 Å². The smallest absolute Gasteiger partial charge is 0.328 e. The predicted molar refractivity (Wildman–Crippen MR) is 179 cm³/mol. The normalized spacial score (nSPS) is 13.2. The number of ether oxygens (including phenoxy) is 1. The summed E-state index contributed by atoms with van der Waals surface area (Å²) in [6.45, 7) is 4.48. The first-order chi connectivity index (χ1) is 23.0. The van der Waals surface area contributed by atoms with Crippen LogP contribution in [0.1, 0.15) is 53.3 Å². The number of carbonyl (C=O) groups is 5. The number of hydrogen-bond acceptors (Lipinski definition) is 7. The first-order valence-corrected chi connectivity index (χ1v) is 15.5. The van der Waals surface area contributed by atoms with E-state index in [1.165, 1.54) is 12.1 Å². The third-order valence-corrected chi connectivity index (χ3v) is 7.61. The molecule has 0 aromatic heterocycles. The van der Waals surface area contributed by atoms with Crippen LogP contribution in [0, 0.1) is 11.7 Å². The first kappa shape index (κ1) is 37.1. The lowest BCUT2D eigenvalue weighted by molar-refractivity contribution is -0.134. The molecule has 12 heteroatoms. The Balaban J connectivity index is 0.000000694. The third kappa shape index (κ3) is 11.5. The number of nitrogens with zero attached hydrogens (tertiary/aromatic N) is 2. The van der Waals surface area contributed by atoms with Gasteiger partial charge in [-0.3, -0.25) is 14.4 Å². The van der Waals surface area contributed by atoms with Crippen molar-refractivity contribution in [2.75, 3.05) is 43.5 Å². The largest absolute Gasteiger partial charge is 0.495 e. The van der Waals surface area contributed by atoms with Crippen LogP contribution in [0.5, 0.6) is 5.75 Å². The maximum Gasteiger partial charge on any atom is 0.328 e. The fourth-order valence-electron chi connectivity index (χ4n) is 5.14. The molecular formula is C36H40FN3O8. The number of aliphatic carboxylic acids is 2. The van der Waals surface area contributed by atoms with Crippen molar-refractivity contribution in [1.82, 2.24) is 4.90 Å². The van der Waals surface area contributed by atoms with Crippen molar-refractivity contribution in [3.63, 3.8) is 0 Å². The minimum absolute atomic E-state index is 0.0552. The molecule has 0 bridgehead atoms. The van der Waals surface area contributed by atoms with Crippen molar-refractivity contribution in [2.45, 2.75) is 32.6 Å². The van der Waals surface area contributed by atoms with E-state index in [1.54, 1.807) is 48.4 Å². The molecule has 0 radical (unpaired) electrons. The zero-order chi connectivity index (χ0) is 35.1. The van der Waals surface area contributed by atoms with Gasteiger partial charge in [0.1, 0.15) is 11.6 Å². The van der Waals surface area contributed by atoms with Gasteiger partial charge in [0.05, 0.1) is 12.8 Å². The highest BCUT2D eigenvalue weighted by atomic mass is 19.1. The average Bonchev–Trinajstić information content (AvgIpc) is 3.08. The Hall–Kier alpha value is -5.36. The maximum absolute atomic E-state index is 13.7. The minimum Gasteiger partial charge on any atom is -0.495 e. The molecule has 1 fully saturated rings. The molecule has 0 aliphatic carbocycles. The Labute approximate surface area is 278 Å². The van der Waals surface area contributed by atoms with E-state index in [1.807, 2.05) is 31.2 Å². The second-order valence-corrected chi connectivity index (χ2v) is 11.0. The van der Waals surface area contributed by atoms with Gasteiger partial charge in [-0.05, 0) is 93.0 Å². The van der Waals surface area contributed by atoms with Crippen molar-refractivity contribution in [3.05, 3.63) is 102 Å². The molecule has 0 spiro atoms. The zero-order valence-corrected chi connectivity index (χ0v) is 26.9. The molecule has 0 atom stereocenters. The number of para-hydroxylation sites is 2. The first-order valence-electron chi connectivity index (χ1n) is 15.5. The SMILES string of the molecule is CCCC(=O)Nc1ccc(C(=O)N(CCN2CCC(C(=O)c3ccc(F)cc3)CC2)c2ccccc2OC)cc1.O=C(O)/C=C/C(=O)O. The lowest BCUT2D eigenvalue weighted by Crippen LogP contribution is -2.43. The van der Waals surface area contributed by atoms with E-state index in [-0.39, 0.29) is 29.3 Å². The number of likely N-dealkylation sites (tertiary alicyclic amines) is 1. The molecule has 3 N–H and O–H groups in total. The maximum atomic E-state index is 13.7. The third-order valence-electron chi connectivity index (χ3n) is 7.61. The van der Waals surface area contributed by atoms with Crippen LogP contribution in [0.4, 0.5) is 15.8 Å². The van der Waals surface area contributed by atoms with Gasteiger partial charge >= 0.3 is 11.9 Å². The van der Waals surface area contributed by atoms with E-state index in [0.29, 0.717) is 72.8 Å². The van der Waals surface area contributed by atoms with Gasteiger partial charge in [0.25, 0.3) is 5.91 Å². The number of carboxylic acid groups (broad SMARTS) is 2. The fourth-order valence-corrected chi connectivity index (χ4v) is 5.14. The van der Waals surface area contributed by atoms with Crippen molar-refractivity contribution >= 4 is 40.9 Å². The van der Waals surface area contributed by atoms with Gasteiger partial charge in [-0.2, -0.15) is 0 Å². The van der Waals surface area contributed by atoms with Crippen molar-refractivity contribution in [2.24, 2.45) is 5.92 Å². The number of halogens is 1. The molecule has 1 saturated heterocycles. The van der Waals surface area contributed by atoms with Crippen LogP contribution in [0.25, 0.3) is 0 Å². The molecule has 4 rings (SSSR count). The molecule has 48 heavy (non-hydrogen) atoms. The summed E-state index contributed by atoms with van der Waals surface area (Å²) >= 11 is 0. The number of carbonyl (C=O) groups excluding carboxylic acids is 3. The molecule has 1 aliphatic rings. The zero-order valence-electron chi connectivity index (χ0n) is 26.9. The number of ketones is 1. The van der Waals surface area contributed by atoms with E-state index in [2.05, 4.69) is 10.2 Å². The molecule has 2 amide bonds. The molecular weight excluding hydrogens is 621 g/mol. The fraction of sp³-hybridized carbons (Fsp3) is 0.306. The molecule has 1 heterocycles. The van der Waals surface area contributed by atoms with Crippen molar-refractivity contribution in [1.29, 1.82) is 0 Å². The average molecular weight is 662 g/mol. The number of hydrogen-bond donors (Lipinski definition) is 3. The summed E-state index contributed by atoms with van der Waals surface area (Å²) in [5.41, 5.74) is 2.38. The van der Waals surface area contributed by atoms with E-state index < -0.39 is 11.9 Å². The van der Waals surface area contributed by atoms with Crippen LogP contribution in [0.3, 0.4) is 0 Å². The summed E-state index contributed by atoms with van der Waals surface area (Å²) in [5, 5.41) is 18.5. The van der Waals surface area contributed by atoms with E-state index in [0.717, 1.165) is 19.5 Å². The van der Waals surface area contributed by atoms with E-state index in [9.17, 15) is 28.4 Å². The molecule has 11 nitrogen and oxygen atoms in total. The lowest BCUT2D eigenvalue weighted by Gasteiger charge is -2.33. The second-order valence-electron chi connectivity index (χ2n) is 11.0. The van der Waals surface area contributed by atoms with Gasteiger partial charge in [0.2, 0.25) is 5.91 Å². The second kappa shape index (κ2) is 18.7.